The molecule has 1 amide bonds. The summed E-state index contributed by atoms with van der Waals surface area (Å²) < 4.78 is 40.4. The lowest BCUT2D eigenvalue weighted by Crippen LogP contribution is -2.28. The van der Waals surface area contributed by atoms with E-state index in [9.17, 15) is 18.0 Å². The Balaban J connectivity index is 1.91. The minimum Gasteiger partial charge on any atom is -0.309 e. The van der Waals surface area contributed by atoms with Crippen molar-refractivity contribution in [3.63, 3.8) is 0 Å². The van der Waals surface area contributed by atoms with Crippen molar-refractivity contribution >= 4 is 11.6 Å². The largest absolute Gasteiger partial charge is 0.435 e. The summed E-state index contributed by atoms with van der Waals surface area (Å²) in [5, 5.41) is 3.46. The molecule has 3 aromatic heterocycles. The summed E-state index contributed by atoms with van der Waals surface area (Å²) in [6.45, 7) is 0. The van der Waals surface area contributed by atoms with Gasteiger partial charge >= 0.3 is 6.18 Å². The molecule has 0 spiro atoms. The average Bonchev–Trinajstić information content (AvgIpc) is 3.20. The minimum absolute atomic E-state index is 0.0958. The Bertz CT molecular complexity index is 900. The summed E-state index contributed by atoms with van der Waals surface area (Å²) >= 11 is 0. The number of halogens is 3. The number of anilines is 1. The summed E-state index contributed by atoms with van der Waals surface area (Å²) in [6, 6.07) is 4.25. The summed E-state index contributed by atoms with van der Waals surface area (Å²) in [4.78, 5) is 21.9. The topological polar surface area (TPSA) is 68.8 Å². The number of carbonyl (C=O) groups is 1. The molecule has 0 saturated heterocycles. The Kier molecular flexibility index (Phi) is 4.03. The van der Waals surface area contributed by atoms with E-state index in [2.05, 4.69) is 15.1 Å². The third-order valence-corrected chi connectivity index (χ3v) is 3.61. The molecule has 0 aliphatic carbocycles. The lowest BCUT2D eigenvalue weighted by Gasteiger charge is -2.17. The van der Waals surface area contributed by atoms with Gasteiger partial charge in [0.25, 0.3) is 5.91 Å². The molecule has 7 nitrogen and oxygen atoms in total. The Hall–Kier alpha value is -3.17. The van der Waals surface area contributed by atoms with Crippen LogP contribution >= 0.6 is 0 Å². The maximum absolute atomic E-state index is 12.7. The smallest absolute Gasteiger partial charge is 0.309 e. The molecule has 0 radical (unpaired) electrons. The van der Waals surface area contributed by atoms with Gasteiger partial charge < -0.3 is 9.47 Å². The van der Waals surface area contributed by atoms with Gasteiger partial charge in [0.15, 0.2) is 5.69 Å². The van der Waals surface area contributed by atoms with E-state index in [1.54, 1.807) is 25.4 Å². The van der Waals surface area contributed by atoms with Crippen molar-refractivity contribution in [3.05, 3.63) is 54.4 Å². The van der Waals surface area contributed by atoms with Crippen LogP contribution in [0.2, 0.25) is 0 Å². The van der Waals surface area contributed by atoms with Gasteiger partial charge in [0.05, 0.1) is 18.1 Å². The summed E-state index contributed by atoms with van der Waals surface area (Å²) in [7, 11) is 3.10. The van der Waals surface area contributed by atoms with Crippen molar-refractivity contribution in [2.45, 2.75) is 6.18 Å². The molecule has 0 fully saturated rings. The number of hydrogen-bond acceptors (Lipinski definition) is 4. The van der Waals surface area contributed by atoms with E-state index in [0.717, 1.165) is 16.9 Å². The van der Waals surface area contributed by atoms with Gasteiger partial charge in [0.2, 0.25) is 5.95 Å². The SMILES string of the molecule is CN(C(=O)c1cnc(-n2ccc(C(F)(F)F)n2)n1C)c1cccnc1. The van der Waals surface area contributed by atoms with Gasteiger partial charge in [-0.15, -0.1) is 0 Å². The normalized spacial score (nSPS) is 11.6. The first-order valence-electron chi connectivity index (χ1n) is 7.12. The molecule has 3 heterocycles. The second-order valence-electron chi connectivity index (χ2n) is 5.22. The lowest BCUT2D eigenvalue weighted by atomic mass is 10.3. The third-order valence-electron chi connectivity index (χ3n) is 3.61. The van der Waals surface area contributed by atoms with E-state index < -0.39 is 11.9 Å². The monoisotopic (exact) mass is 350 g/mol. The number of carbonyl (C=O) groups excluding carboxylic acids is 1. The second-order valence-corrected chi connectivity index (χ2v) is 5.22. The van der Waals surface area contributed by atoms with Gasteiger partial charge in [-0.25, -0.2) is 9.67 Å². The molecule has 3 rings (SSSR count). The van der Waals surface area contributed by atoms with Crippen molar-refractivity contribution in [3.8, 4) is 5.95 Å². The summed E-state index contributed by atoms with van der Waals surface area (Å²) in [5.74, 6) is -0.282. The zero-order chi connectivity index (χ0) is 18.2. The number of aromatic nitrogens is 5. The van der Waals surface area contributed by atoms with Gasteiger partial charge in [-0.3, -0.25) is 9.78 Å². The first-order valence-corrected chi connectivity index (χ1v) is 7.12. The van der Waals surface area contributed by atoms with Crippen LogP contribution in [0, 0.1) is 0 Å². The highest BCUT2D eigenvalue weighted by molar-refractivity contribution is 6.04. The van der Waals surface area contributed by atoms with E-state index in [4.69, 9.17) is 0 Å². The molecule has 10 heteroatoms. The minimum atomic E-state index is -4.55. The molecule has 0 saturated carbocycles. The fraction of sp³-hybridized carbons (Fsp3) is 0.200. The maximum Gasteiger partial charge on any atom is 0.435 e. The fourth-order valence-electron chi connectivity index (χ4n) is 2.24. The fourth-order valence-corrected chi connectivity index (χ4v) is 2.24. The first-order chi connectivity index (χ1) is 11.8. The van der Waals surface area contributed by atoms with Crippen LogP contribution in [0.1, 0.15) is 16.2 Å². The molecular weight excluding hydrogens is 337 g/mol. The first kappa shape index (κ1) is 16.7. The lowest BCUT2D eigenvalue weighted by molar-refractivity contribution is -0.141. The third kappa shape index (κ3) is 3.10. The number of amides is 1. The Morgan fingerprint density at radius 2 is 2.00 bits per heavy atom. The van der Waals surface area contributed by atoms with Crippen molar-refractivity contribution in [1.29, 1.82) is 0 Å². The predicted molar refractivity (Wildman–Crippen MR) is 82.3 cm³/mol. The van der Waals surface area contributed by atoms with Crippen LogP contribution in [-0.4, -0.2) is 37.3 Å². The van der Waals surface area contributed by atoms with Gasteiger partial charge in [0, 0.05) is 26.5 Å². The van der Waals surface area contributed by atoms with E-state index in [-0.39, 0.29) is 17.5 Å². The molecule has 0 bridgehead atoms. The van der Waals surface area contributed by atoms with E-state index in [0.29, 0.717) is 5.69 Å². The standard InChI is InChI=1S/C15H13F3N6O/c1-22(10-4-3-6-19-8-10)13(25)11-9-20-14(23(11)2)24-7-5-12(21-24)15(16,17)18/h3-9H,1-2H3. The Morgan fingerprint density at radius 3 is 2.60 bits per heavy atom. The predicted octanol–water partition coefficient (Wildman–Crippen LogP) is 2.30. The highest BCUT2D eigenvalue weighted by Gasteiger charge is 2.34. The number of hydrogen-bond donors (Lipinski definition) is 0. The zero-order valence-corrected chi connectivity index (χ0v) is 13.3. The van der Waals surface area contributed by atoms with E-state index in [1.807, 2.05) is 0 Å². The Morgan fingerprint density at radius 1 is 1.24 bits per heavy atom. The molecule has 0 N–H and O–H groups in total. The second kappa shape index (κ2) is 6.04. The number of imidazole rings is 1. The molecule has 25 heavy (non-hydrogen) atoms. The van der Waals surface area contributed by atoms with Crippen molar-refractivity contribution in [2.24, 2.45) is 7.05 Å². The molecule has 0 aromatic carbocycles. The van der Waals surface area contributed by atoms with Crippen LogP contribution in [0.5, 0.6) is 0 Å². The number of nitrogens with zero attached hydrogens (tertiary/aromatic N) is 6. The highest BCUT2D eigenvalue weighted by atomic mass is 19.4. The summed E-state index contributed by atoms with van der Waals surface area (Å²) in [5.41, 5.74) is -0.255. The molecule has 0 aliphatic heterocycles. The molecule has 0 unspecified atom stereocenters. The maximum atomic E-state index is 12.7. The van der Waals surface area contributed by atoms with Crippen LogP contribution < -0.4 is 4.90 Å². The van der Waals surface area contributed by atoms with Crippen LogP contribution in [0.3, 0.4) is 0 Å². The van der Waals surface area contributed by atoms with Crippen LogP contribution in [0.25, 0.3) is 5.95 Å². The van der Waals surface area contributed by atoms with E-state index in [1.165, 1.54) is 28.9 Å². The quantitative estimate of drug-likeness (QED) is 0.727. The van der Waals surface area contributed by atoms with Gasteiger partial charge in [-0.2, -0.15) is 18.3 Å². The van der Waals surface area contributed by atoms with Crippen molar-refractivity contribution < 1.29 is 18.0 Å². The van der Waals surface area contributed by atoms with Crippen LogP contribution in [0.15, 0.2) is 43.0 Å². The zero-order valence-electron chi connectivity index (χ0n) is 13.3. The average molecular weight is 350 g/mol. The molecular formula is C15H13F3N6O. The molecule has 3 aromatic rings. The molecule has 130 valence electrons. The Labute approximate surface area is 140 Å². The van der Waals surface area contributed by atoms with Gasteiger partial charge in [-0.05, 0) is 18.2 Å². The highest BCUT2D eigenvalue weighted by Crippen LogP contribution is 2.27. The molecule has 0 atom stereocenters. The molecule has 0 aliphatic rings. The van der Waals surface area contributed by atoms with Crippen molar-refractivity contribution in [2.75, 3.05) is 11.9 Å². The van der Waals surface area contributed by atoms with Gasteiger partial charge in [0.1, 0.15) is 5.69 Å². The van der Waals surface area contributed by atoms with E-state index >= 15 is 0 Å². The van der Waals surface area contributed by atoms with Crippen LogP contribution in [0.4, 0.5) is 18.9 Å². The number of pyridine rings is 1. The van der Waals surface area contributed by atoms with Crippen molar-refractivity contribution in [1.82, 2.24) is 24.3 Å². The van der Waals surface area contributed by atoms with Crippen LogP contribution in [-0.2, 0) is 13.2 Å². The number of alkyl halides is 3. The van der Waals surface area contributed by atoms with Gasteiger partial charge in [-0.1, -0.05) is 0 Å². The summed E-state index contributed by atoms with van der Waals surface area (Å²) in [6.07, 6.45) is 0.998. The number of rotatable bonds is 3.